The van der Waals surface area contributed by atoms with E-state index in [9.17, 15) is 9.59 Å². The lowest BCUT2D eigenvalue weighted by Gasteiger charge is -2.27. The van der Waals surface area contributed by atoms with Crippen molar-refractivity contribution in [2.75, 3.05) is 13.1 Å². The van der Waals surface area contributed by atoms with Crippen LogP contribution in [0.2, 0.25) is 0 Å². The van der Waals surface area contributed by atoms with Crippen LogP contribution in [-0.2, 0) is 19.4 Å². The molecular formula is C16H18N4O3. The summed E-state index contributed by atoms with van der Waals surface area (Å²) in [5.74, 6) is -1.08. The molecule has 0 radical (unpaired) electrons. The van der Waals surface area contributed by atoms with Gasteiger partial charge in [0, 0.05) is 30.8 Å². The van der Waals surface area contributed by atoms with Gasteiger partial charge in [-0.1, -0.05) is 30.3 Å². The summed E-state index contributed by atoms with van der Waals surface area (Å²) in [7, 11) is 0. The van der Waals surface area contributed by atoms with Crippen molar-refractivity contribution in [2.24, 2.45) is 0 Å². The first kappa shape index (κ1) is 15.1. The highest BCUT2D eigenvalue weighted by Gasteiger charge is 2.27. The number of aromatic carboxylic acids is 1. The third-order valence-corrected chi connectivity index (χ3v) is 3.96. The number of carboxylic acid groups (broad SMARTS) is 1. The predicted octanol–water partition coefficient (Wildman–Crippen LogP) is 1.42. The smallest absolute Gasteiger partial charge is 0.356 e. The molecule has 1 aliphatic rings. The fraction of sp³-hybridized carbons (Fsp3) is 0.312. The van der Waals surface area contributed by atoms with Gasteiger partial charge >= 0.3 is 12.0 Å². The zero-order valence-electron chi connectivity index (χ0n) is 12.6. The molecule has 0 fully saturated rings. The van der Waals surface area contributed by atoms with Crippen molar-refractivity contribution >= 4 is 12.0 Å². The van der Waals surface area contributed by atoms with Crippen LogP contribution in [0.4, 0.5) is 4.79 Å². The predicted molar refractivity (Wildman–Crippen MR) is 83.2 cm³/mol. The van der Waals surface area contributed by atoms with Crippen LogP contribution in [-0.4, -0.2) is 45.3 Å². The van der Waals surface area contributed by atoms with E-state index >= 15 is 0 Å². The number of aromatic nitrogens is 2. The Morgan fingerprint density at radius 2 is 2.09 bits per heavy atom. The fourth-order valence-electron chi connectivity index (χ4n) is 2.72. The summed E-state index contributed by atoms with van der Waals surface area (Å²) in [5.41, 5.74) is 2.57. The number of amides is 2. The third kappa shape index (κ3) is 3.33. The molecule has 1 aromatic heterocycles. The molecule has 1 aromatic carbocycles. The van der Waals surface area contributed by atoms with Crippen molar-refractivity contribution in [3.8, 4) is 0 Å². The van der Waals surface area contributed by atoms with E-state index in [0.29, 0.717) is 25.1 Å². The minimum absolute atomic E-state index is 0.00165. The van der Waals surface area contributed by atoms with Crippen LogP contribution in [0.1, 0.15) is 27.3 Å². The maximum Gasteiger partial charge on any atom is 0.356 e. The highest BCUT2D eigenvalue weighted by Crippen LogP contribution is 2.20. The SMILES string of the molecule is O=C(O)c1n[nH]c2c1CN(C(=O)NCCc1ccccc1)CC2. The van der Waals surface area contributed by atoms with E-state index in [1.165, 1.54) is 0 Å². The Labute approximate surface area is 133 Å². The Kier molecular flexibility index (Phi) is 4.27. The first-order chi connectivity index (χ1) is 11.1. The number of nitrogens with one attached hydrogen (secondary N) is 2. The van der Waals surface area contributed by atoms with Gasteiger partial charge in [-0.25, -0.2) is 9.59 Å². The maximum atomic E-state index is 12.2. The summed E-state index contributed by atoms with van der Waals surface area (Å²) in [6.07, 6.45) is 1.35. The Balaban J connectivity index is 1.56. The molecule has 120 valence electrons. The Morgan fingerprint density at radius 3 is 2.83 bits per heavy atom. The number of H-pyrrole nitrogens is 1. The molecule has 0 spiro atoms. The number of benzene rings is 1. The molecule has 7 heteroatoms. The molecule has 0 aliphatic carbocycles. The Hall–Kier alpha value is -2.83. The standard InChI is InChI=1S/C16H18N4O3/c21-15(22)14-12-10-20(9-7-13(12)18-19-14)16(23)17-8-6-11-4-2-1-3-5-11/h1-5H,6-10H2,(H,17,23)(H,18,19)(H,21,22). The van der Waals surface area contributed by atoms with E-state index < -0.39 is 5.97 Å². The van der Waals surface area contributed by atoms with Crippen LogP contribution in [0.25, 0.3) is 0 Å². The molecule has 23 heavy (non-hydrogen) atoms. The third-order valence-electron chi connectivity index (χ3n) is 3.96. The minimum atomic E-state index is -1.08. The molecule has 0 saturated carbocycles. The zero-order chi connectivity index (χ0) is 16.2. The van der Waals surface area contributed by atoms with Gasteiger partial charge in [0.25, 0.3) is 0 Å². The van der Waals surface area contributed by atoms with Crippen molar-refractivity contribution in [3.05, 3.63) is 52.8 Å². The van der Waals surface area contributed by atoms with Crippen LogP contribution in [0.5, 0.6) is 0 Å². The van der Waals surface area contributed by atoms with Gasteiger partial charge in [-0.15, -0.1) is 0 Å². The fourth-order valence-corrected chi connectivity index (χ4v) is 2.72. The van der Waals surface area contributed by atoms with Gasteiger partial charge in [0.2, 0.25) is 0 Å². The Morgan fingerprint density at radius 1 is 1.30 bits per heavy atom. The molecular weight excluding hydrogens is 296 g/mol. The zero-order valence-corrected chi connectivity index (χ0v) is 12.6. The monoisotopic (exact) mass is 314 g/mol. The van der Waals surface area contributed by atoms with Crippen molar-refractivity contribution in [3.63, 3.8) is 0 Å². The molecule has 0 unspecified atom stereocenters. The topological polar surface area (TPSA) is 98.3 Å². The lowest BCUT2D eigenvalue weighted by atomic mass is 10.1. The molecule has 7 nitrogen and oxygen atoms in total. The molecule has 1 aliphatic heterocycles. The van der Waals surface area contributed by atoms with E-state index in [1.54, 1.807) is 4.90 Å². The summed E-state index contributed by atoms with van der Waals surface area (Å²) in [4.78, 5) is 25.0. The Bertz CT molecular complexity index is 711. The molecule has 3 rings (SSSR count). The molecule has 2 heterocycles. The molecule has 2 aromatic rings. The van der Waals surface area contributed by atoms with E-state index in [4.69, 9.17) is 5.11 Å². The first-order valence-electron chi connectivity index (χ1n) is 7.51. The molecule has 0 atom stereocenters. The average Bonchev–Trinajstić information content (AvgIpc) is 2.99. The van der Waals surface area contributed by atoms with Gasteiger partial charge in [-0.3, -0.25) is 5.10 Å². The lowest BCUT2D eigenvalue weighted by molar-refractivity contribution is 0.0687. The van der Waals surface area contributed by atoms with Crippen LogP contribution in [0.3, 0.4) is 0 Å². The number of carboxylic acids is 1. The number of rotatable bonds is 4. The lowest BCUT2D eigenvalue weighted by Crippen LogP contribution is -2.43. The second-order valence-corrected chi connectivity index (χ2v) is 5.47. The van der Waals surface area contributed by atoms with E-state index in [2.05, 4.69) is 15.5 Å². The second-order valence-electron chi connectivity index (χ2n) is 5.47. The van der Waals surface area contributed by atoms with Crippen LogP contribution >= 0.6 is 0 Å². The van der Waals surface area contributed by atoms with Crippen LogP contribution in [0, 0.1) is 0 Å². The molecule has 0 saturated heterocycles. The number of hydrogen-bond acceptors (Lipinski definition) is 3. The van der Waals surface area contributed by atoms with Crippen LogP contribution in [0.15, 0.2) is 30.3 Å². The van der Waals surface area contributed by atoms with Gasteiger partial charge in [-0.05, 0) is 12.0 Å². The van der Waals surface area contributed by atoms with E-state index in [1.807, 2.05) is 30.3 Å². The number of carbonyl (C=O) groups is 2. The summed E-state index contributed by atoms with van der Waals surface area (Å²) >= 11 is 0. The summed E-state index contributed by atoms with van der Waals surface area (Å²) in [6, 6.07) is 9.75. The van der Waals surface area contributed by atoms with Crippen molar-refractivity contribution in [1.29, 1.82) is 0 Å². The summed E-state index contributed by atoms with van der Waals surface area (Å²) < 4.78 is 0. The number of urea groups is 1. The average molecular weight is 314 g/mol. The normalized spacial score (nSPS) is 13.5. The first-order valence-corrected chi connectivity index (χ1v) is 7.51. The van der Waals surface area contributed by atoms with E-state index in [0.717, 1.165) is 17.7 Å². The number of hydrogen-bond donors (Lipinski definition) is 3. The summed E-state index contributed by atoms with van der Waals surface area (Å²) in [6.45, 7) is 1.36. The van der Waals surface area contributed by atoms with Crippen LogP contribution < -0.4 is 5.32 Å². The van der Waals surface area contributed by atoms with Gasteiger partial charge in [-0.2, -0.15) is 5.10 Å². The van der Waals surface area contributed by atoms with Crippen molar-refractivity contribution in [1.82, 2.24) is 20.4 Å². The molecule has 3 N–H and O–H groups in total. The number of aromatic amines is 1. The van der Waals surface area contributed by atoms with Gasteiger partial charge < -0.3 is 15.3 Å². The largest absolute Gasteiger partial charge is 0.476 e. The maximum absolute atomic E-state index is 12.2. The molecule has 0 bridgehead atoms. The second kappa shape index (κ2) is 6.51. The van der Waals surface area contributed by atoms with Crippen molar-refractivity contribution in [2.45, 2.75) is 19.4 Å². The van der Waals surface area contributed by atoms with Gasteiger partial charge in [0.15, 0.2) is 5.69 Å². The highest BCUT2D eigenvalue weighted by molar-refractivity contribution is 5.87. The minimum Gasteiger partial charge on any atom is -0.476 e. The van der Waals surface area contributed by atoms with Gasteiger partial charge in [0.1, 0.15) is 0 Å². The summed E-state index contributed by atoms with van der Waals surface area (Å²) in [5, 5.41) is 18.6. The molecule has 2 amide bonds. The van der Waals surface area contributed by atoms with Crippen molar-refractivity contribution < 1.29 is 14.7 Å². The number of carbonyl (C=O) groups excluding carboxylic acids is 1. The van der Waals surface area contributed by atoms with Gasteiger partial charge in [0.05, 0.1) is 6.54 Å². The number of nitrogens with zero attached hydrogens (tertiary/aromatic N) is 2. The quantitative estimate of drug-likeness (QED) is 0.795. The number of fused-ring (bicyclic) bond motifs is 1. The highest BCUT2D eigenvalue weighted by atomic mass is 16.4. The van der Waals surface area contributed by atoms with E-state index in [-0.39, 0.29) is 18.3 Å².